The van der Waals surface area contributed by atoms with Crippen molar-refractivity contribution in [3.63, 3.8) is 0 Å². The first-order valence-electron chi connectivity index (χ1n) is 8.71. The molecule has 0 saturated heterocycles. The van der Waals surface area contributed by atoms with Crippen LogP contribution in [0.1, 0.15) is 47.9 Å². The summed E-state index contributed by atoms with van der Waals surface area (Å²) in [5.41, 5.74) is 2.92. The molecule has 0 saturated carbocycles. The maximum absolute atomic E-state index is 12.5. The summed E-state index contributed by atoms with van der Waals surface area (Å²) in [6, 6.07) is 9.81. The number of nitrogens with zero attached hydrogens (tertiary/aromatic N) is 3. The van der Waals surface area contributed by atoms with Crippen LogP contribution >= 0.6 is 11.8 Å². The summed E-state index contributed by atoms with van der Waals surface area (Å²) in [6.45, 7) is 6.25. The van der Waals surface area contributed by atoms with Gasteiger partial charge >= 0.3 is 0 Å². The van der Waals surface area contributed by atoms with Crippen LogP contribution in [0.4, 0.5) is 0 Å². The van der Waals surface area contributed by atoms with E-state index in [-0.39, 0.29) is 5.78 Å². The summed E-state index contributed by atoms with van der Waals surface area (Å²) < 4.78 is 7.22. The Balaban J connectivity index is 1.67. The first-order valence-corrected chi connectivity index (χ1v) is 9.69. The highest BCUT2D eigenvalue weighted by Gasteiger charge is 2.16. The number of furan rings is 1. The molecule has 3 aromatic rings. The highest BCUT2D eigenvalue weighted by Crippen LogP contribution is 2.26. The Bertz CT molecular complexity index is 896. The summed E-state index contributed by atoms with van der Waals surface area (Å²) in [7, 11) is 1.90. The minimum Gasteiger partial charge on any atom is -0.469 e. The van der Waals surface area contributed by atoms with Crippen molar-refractivity contribution in [3.05, 3.63) is 53.5 Å². The Morgan fingerprint density at radius 3 is 2.58 bits per heavy atom. The molecule has 0 spiro atoms. The zero-order chi connectivity index (χ0) is 18.7. The van der Waals surface area contributed by atoms with Crippen LogP contribution in [0, 0.1) is 6.92 Å². The summed E-state index contributed by atoms with van der Waals surface area (Å²) in [5, 5.41) is 9.15. The monoisotopic (exact) mass is 369 g/mol. The standard InChI is InChI=1S/C20H23N3O2S/c1-5-13(2)15-6-8-16(9-7-15)18(24)12-26-20-22-21-19(23(20)4)17-10-11-25-14(17)3/h6-11,13H,5,12H2,1-4H3. The zero-order valence-corrected chi connectivity index (χ0v) is 16.3. The fourth-order valence-corrected chi connectivity index (χ4v) is 3.54. The van der Waals surface area contributed by atoms with Crippen LogP contribution in [0.5, 0.6) is 0 Å². The number of carbonyl (C=O) groups is 1. The van der Waals surface area contributed by atoms with Gasteiger partial charge in [0.05, 0.1) is 17.6 Å². The maximum Gasteiger partial charge on any atom is 0.191 e. The van der Waals surface area contributed by atoms with Gasteiger partial charge in [-0.25, -0.2) is 0 Å². The van der Waals surface area contributed by atoms with Gasteiger partial charge < -0.3 is 8.98 Å². The van der Waals surface area contributed by atoms with Crippen molar-refractivity contribution < 1.29 is 9.21 Å². The van der Waals surface area contributed by atoms with Gasteiger partial charge in [-0.15, -0.1) is 10.2 Å². The lowest BCUT2D eigenvalue weighted by Crippen LogP contribution is -2.04. The third-order valence-corrected chi connectivity index (χ3v) is 5.70. The number of hydrogen-bond acceptors (Lipinski definition) is 5. The summed E-state index contributed by atoms with van der Waals surface area (Å²) >= 11 is 1.40. The maximum atomic E-state index is 12.5. The molecule has 0 N–H and O–H groups in total. The molecule has 1 aromatic carbocycles. The molecule has 1 atom stereocenters. The highest BCUT2D eigenvalue weighted by molar-refractivity contribution is 7.99. The third-order valence-electron chi connectivity index (χ3n) is 4.68. The summed E-state index contributed by atoms with van der Waals surface area (Å²) in [5.74, 6) is 2.48. The molecule has 26 heavy (non-hydrogen) atoms. The number of rotatable bonds is 7. The van der Waals surface area contributed by atoms with Crippen molar-refractivity contribution in [1.29, 1.82) is 0 Å². The molecule has 1 unspecified atom stereocenters. The second kappa shape index (κ2) is 7.91. The summed E-state index contributed by atoms with van der Waals surface area (Å²) in [6.07, 6.45) is 2.73. The summed E-state index contributed by atoms with van der Waals surface area (Å²) in [4.78, 5) is 12.5. The number of aromatic nitrogens is 3. The minimum atomic E-state index is 0.0924. The molecule has 5 nitrogen and oxygen atoms in total. The van der Waals surface area contributed by atoms with E-state index in [9.17, 15) is 4.79 Å². The number of Topliss-reactive ketones (excluding diaryl/α,β-unsaturated/α-hetero) is 1. The van der Waals surface area contributed by atoms with Gasteiger partial charge in [-0.1, -0.05) is 49.9 Å². The molecular weight excluding hydrogens is 346 g/mol. The Hall–Kier alpha value is -2.34. The van der Waals surface area contributed by atoms with Gasteiger partial charge in [0.25, 0.3) is 0 Å². The van der Waals surface area contributed by atoms with E-state index < -0.39 is 0 Å². The van der Waals surface area contributed by atoms with Crippen LogP contribution in [0.15, 0.2) is 46.2 Å². The smallest absolute Gasteiger partial charge is 0.191 e. The number of aryl methyl sites for hydroxylation is 1. The molecule has 0 fully saturated rings. The van der Waals surface area contributed by atoms with E-state index in [1.54, 1.807) is 6.26 Å². The Kier molecular flexibility index (Phi) is 5.61. The van der Waals surface area contributed by atoms with Crippen molar-refractivity contribution in [1.82, 2.24) is 14.8 Å². The first kappa shape index (κ1) is 18.5. The molecule has 2 heterocycles. The SMILES string of the molecule is CCC(C)c1ccc(C(=O)CSc2nnc(-c3ccoc3C)n2C)cc1. The van der Waals surface area contributed by atoms with Gasteiger partial charge in [0.15, 0.2) is 16.8 Å². The van der Waals surface area contributed by atoms with Crippen LogP contribution < -0.4 is 0 Å². The van der Waals surface area contributed by atoms with Crippen LogP contribution in [0.2, 0.25) is 0 Å². The minimum absolute atomic E-state index is 0.0924. The third kappa shape index (κ3) is 3.75. The van der Waals surface area contributed by atoms with Crippen molar-refractivity contribution in [2.75, 3.05) is 5.75 Å². The molecule has 0 radical (unpaired) electrons. The van der Waals surface area contributed by atoms with E-state index in [1.165, 1.54) is 17.3 Å². The lowest BCUT2D eigenvalue weighted by Gasteiger charge is -2.09. The van der Waals surface area contributed by atoms with Crippen molar-refractivity contribution in [3.8, 4) is 11.4 Å². The van der Waals surface area contributed by atoms with E-state index >= 15 is 0 Å². The van der Waals surface area contributed by atoms with Crippen LogP contribution in [-0.4, -0.2) is 26.3 Å². The topological polar surface area (TPSA) is 60.9 Å². The van der Waals surface area contributed by atoms with E-state index in [4.69, 9.17) is 4.42 Å². The normalized spacial score (nSPS) is 12.3. The lowest BCUT2D eigenvalue weighted by atomic mass is 9.97. The predicted octanol–water partition coefficient (Wildman–Crippen LogP) is 4.87. The van der Waals surface area contributed by atoms with Crippen LogP contribution in [-0.2, 0) is 7.05 Å². The number of hydrogen-bond donors (Lipinski definition) is 0. The van der Waals surface area contributed by atoms with Gasteiger partial charge in [-0.05, 0) is 30.9 Å². The largest absolute Gasteiger partial charge is 0.469 e. The fraction of sp³-hybridized carbons (Fsp3) is 0.350. The Morgan fingerprint density at radius 2 is 1.96 bits per heavy atom. The average molecular weight is 369 g/mol. The number of carbonyl (C=O) groups excluding carboxylic acids is 1. The Labute approximate surface area is 157 Å². The predicted molar refractivity (Wildman–Crippen MR) is 104 cm³/mol. The second-order valence-electron chi connectivity index (χ2n) is 6.40. The first-order chi connectivity index (χ1) is 12.5. The molecule has 3 rings (SSSR count). The molecule has 6 heteroatoms. The molecule has 0 aliphatic heterocycles. The van der Waals surface area contributed by atoms with Gasteiger partial charge in [0.1, 0.15) is 5.76 Å². The van der Waals surface area contributed by atoms with Gasteiger partial charge in [0, 0.05) is 12.6 Å². The van der Waals surface area contributed by atoms with Crippen LogP contribution in [0.25, 0.3) is 11.4 Å². The van der Waals surface area contributed by atoms with Crippen molar-refractivity contribution in [2.45, 2.75) is 38.3 Å². The average Bonchev–Trinajstić information content (AvgIpc) is 3.24. The van der Waals surface area contributed by atoms with E-state index in [1.807, 2.05) is 48.9 Å². The van der Waals surface area contributed by atoms with Gasteiger partial charge in [-0.2, -0.15) is 0 Å². The molecule has 0 aliphatic rings. The molecule has 0 aliphatic carbocycles. The Morgan fingerprint density at radius 1 is 1.23 bits per heavy atom. The van der Waals surface area contributed by atoms with E-state index in [0.29, 0.717) is 16.8 Å². The zero-order valence-electron chi connectivity index (χ0n) is 15.5. The molecule has 2 aromatic heterocycles. The van der Waals surface area contributed by atoms with Gasteiger partial charge in [0.2, 0.25) is 0 Å². The van der Waals surface area contributed by atoms with E-state index in [0.717, 1.165) is 29.1 Å². The molecular formula is C20H23N3O2S. The molecule has 0 amide bonds. The highest BCUT2D eigenvalue weighted by atomic mass is 32.2. The van der Waals surface area contributed by atoms with Gasteiger partial charge in [-0.3, -0.25) is 4.79 Å². The van der Waals surface area contributed by atoms with E-state index in [2.05, 4.69) is 24.0 Å². The molecule has 136 valence electrons. The molecule has 0 bridgehead atoms. The van der Waals surface area contributed by atoms with Crippen molar-refractivity contribution >= 4 is 17.5 Å². The second-order valence-corrected chi connectivity index (χ2v) is 7.34. The number of ketones is 1. The number of benzene rings is 1. The van der Waals surface area contributed by atoms with Crippen molar-refractivity contribution in [2.24, 2.45) is 7.05 Å². The number of thioether (sulfide) groups is 1. The fourth-order valence-electron chi connectivity index (χ4n) is 2.74. The quantitative estimate of drug-likeness (QED) is 0.439. The van der Waals surface area contributed by atoms with Crippen LogP contribution in [0.3, 0.4) is 0 Å². The lowest BCUT2D eigenvalue weighted by molar-refractivity contribution is 0.102.